The predicted octanol–water partition coefficient (Wildman–Crippen LogP) is 3.94. The molecule has 0 unspecified atom stereocenters. The summed E-state index contributed by atoms with van der Waals surface area (Å²) in [4.78, 5) is 12.0. The Morgan fingerprint density at radius 2 is 1.81 bits per heavy atom. The van der Waals surface area contributed by atoms with Crippen molar-refractivity contribution in [2.45, 2.75) is 6.42 Å². The van der Waals surface area contributed by atoms with Crippen LogP contribution < -0.4 is 4.90 Å². The van der Waals surface area contributed by atoms with Crippen LogP contribution in [-0.4, -0.2) is 30.7 Å². The zero-order valence-corrected chi connectivity index (χ0v) is 12.8. The summed E-state index contributed by atoms with van der Waals surface area (Å²) in [6.45, 7) is -0.379. The minimum Gasteiger partial charge on any atom is -0.378 e. The molecule has 0 spiro atoms. The van der Waals surface area contributed by atoms with Gasteiger partial charge in [-0.25, -0.2) is 9.97 Å². The first-order valence-corrected chi connectivity index (χ1v) is 7.59. The summed E-state index contributed by atoms with van der Waals surface area (Å²) in [7, 11) is 4.03. The van der Waals surface area contributed by atoms with Gasteiger partial charge in [0.15, 0.2) is 0 Å². The van der Waals surface area contributed by atoms with Crippen molar-refractivity contribution < 1.29 is 4.39 Å². The third-order valence-electron chi connectivity index (χ3n) is 3.29. The molecular formula is C16H16FN3S. The van der Waals surface area contributed by atoms with Gasteiger partial charge in [0, 0.05) is 37.5 Å². The molecule has 5 heteroatoms. The molecule has 3 rings (SSSR count). The van der Waals surface area contributed by atoms with Crippen LogP contribution in [0.2, 0.25) is 0 Å². The van der Waals surface area contributed by atoms with Crippen molar-refractivity contribution in [3.8, 4) is 10.6 Å². The normalized spacial score (nSPS) is 11.0. The number of pyridine rings is 1. The molecule has 0 N–H and O–H groups in total. The Labute approximate surface area is 127 Å². The van der Waals surface area contributed by atoms with Crippen LogP contribution >= 0.6 is 11.3 Å². The number of rotatable bonds is 4. The summed E-state index contributed by atoms with van der Waals surface area (Å²) in [5, 5.41) is 0.945. The summed E-state index contributed by atoms with van der Waals surface area (Å²) >= 11 is 1.55. The van der Waals surface area contributed by atoms with Gasteiger partial charge in [-0.2, -0.15) is 0 Å². The molecule has 0 aliphatic rings. The second-order valence-electron chi connectivity index (χ2n) is 5.03. The summed E-state index contributed by atoms with van der Waals surface area (Å²) in [5.41, 5.74) is 3.89. The average Bonchev–Trinajstić information content (AvgIpc) is 2.91. The molecule has 0 saturated heterocycles. The Bertz CT molecular complexity index is 750. The maximum Gasteiger partial charge on any atom is 0.144 e. The molecule has 21 heavy (non-hydrogen) atoms. The van der Waals surface area contributed by atoms with Crippen LogP contribution in [0.1, 0.15) is 5.69 Å². The largest absolute Gasteiger partial charge is 0.378 e. The van der Waals surface area contributed by atoms with E-state index in [-0.39, 0.29) is 6.67 Å². The zero-order valence-electron chi connectivity index (χ0n) is 12.0. The van der Waals surface area contributed by atoms with Gasteiger partial charge in [-0.3, -0.25) is 4.39 Å². The summed E-state index contributed by atoms with van der Waals surface area (Å²) in [6, 6.07) is 12.0. The Morgan fingerprint density at radius 1 is 1.05 bits per heavy atom. The lowest BCUT2D eigenvalue weighted by molar-refractivity contribution is 0.492. The first-order chi connectivity index (χ1) is 10.2. The molecule has 3 aromatic rings. The lowest BCUT2D eigenvalue weighted by Crippen LogP contribution is -2.07. The molecule has 108 valence electrons. The van der Waals surface area contributed by atoms with Gasteiger partial charge in [-0.15, -0.1) is 0 Å². The number of thiazole rings is 1. The SMILES string of the molecule is CN(C)c1ccc(-c2nc3ccc(CCF)nc3s2)cc1. The van der Waals surface area contributed by atoms with Gasteiger partial charge in [0.25, 0.3) is 0 Å². The summed E-state index contributed by atoms with van der Waals surface area (Å²) in [6.07, 6.45) is 0.362. The van der Waals surface area contributed by atoms with Crippen molar-refractivity contribution in [1.82, 2.24) is 9.97 Å². The molecule has 1 aromatic carbocycles. The highest BCUT2D eigenvalue weighted by atomic mass is 32.1. The van der Waals surface area contributed by atoms with Crippen LogP contribution in [0, 0.1) is 0 Å². The fraction of sp³-hybridized carbons (Fsp3) is 0.250. The Kier molecular flexibility index (Phi) is 3.84. The lowest BCUT2D eigenvalue weighted by atomic mass is 10.2. The van der Waals surface area contributed by atoms with Crippen LogP contribution in [-0.2, 0) is 6.42 Å². The van der Waals surface area contributed by atoms with E-state index in [9.17, 15) is 4.39 Å². The third-order valence-corrected chi connectivity index (χ3v) is 4.31. The van der Waals surface area contributed by atoms with E-state index in [0.717, 1.165) is 32.3 Å². The van der Waals surface area contributed by atoms with Gasteiger partial charge in [0.05, 0.1) is 6.67 Å². The third kappa shape index (κ3) is 2.88. The topological polar surface area (TPSA) is 29.0 Å². The first kappa shape index (κ1) is 13.9. The van der Waals surface area contributed by atoms with E-state index in [2.05, 4.69) is 39.1 Å². The number of halogens is 1. The second kappa shape index (κ2) is 5.77. The van der Waals surface area contributed by atoms with Gasteiger partial charge < -0.3 is 4.90 Å². The van der Waals surface area contributed by atoms with E-state index in [4.69, 9.17) is 0 Å². The van der Waals surface area contributed by atoms with Crippen molar-refractivity contribution in [2.75, 3.05) is 25.7 Å². The Morgan fingerprint density at radius 3 is 2.48 bits per heavy atom. The first-order valence-electron chi connectivity index (χ1n) is 6.77. The van der Waals surface area contributed by atoms with Crippen LogP contribution in [0.3, 0.4) is 0 Å². The predicted molar refractivity (Wildman–Crippen MR) is 86.9 cm³/mol. The lowest BCUT2D eigenvalue weighted by Gasteiger charge is -2.11. The van der Waals surface area contributed by atoms with E-state index >= 15 is 0 Å². The summed E-state index contributed by atoms with van der Waals surface area (Å²) in [5.74, 6) is 0. The van der Waals surface area contributed by atoms with Crippen LogP contribution in [0.5, 0.6) is 0 Å². The summed E-state index contributed by atoms with van der Waals surface area (Å²) < 4.78 is 12.4. The van der Waals surface area contributed by atoms with Crippen molar-refractivity contribution in [1.29, 1.82) is 0 Å². The van der Waals surface area contributed by atoms with Gasteiger partial charge in [-0.05, 0) is 36.4 Å². The Hall–Kier alpha value is -2.01. The van der Waals surface area contributed by atoms with Crippen molar-refractivity contribution in [3.05, 3.63) is 42.1 Å². The Balaban J connectivity index is 1.96. The van der Waals surface area contributed by atoms with Crippen LogP contribution in [0.15, 0.2) is 36.4 Å². The van der Waals surface area contributed by atoms with Crippen LogP contribution in [0.25, 0.3) is 20.9 Å². The fourth-order valence-corrected chi connectivity index (χ4v) is 3.08. The number of anilines is 1. The van der Waals surface area contributed by atoms with Gasteiger partial charge in [0.2, 0.25) is 0 Å². The number of aromatic nitrogens is 2. The molecule has 0 amide bonds. The second-order valence-corrected chi connectivity index (χ2v) is 6.00. The number of hydrogen-bond donors (Lipinski definition) is 0. The standard InChI is InChI=1S/C16H16FN3S/c1-20(2)13-6-3-11(4-7-13)15-19-14-8-5-12(9-10-17)18-16(14)21-15/h3-8H,9-10H2,1-2H3. The fourth-order valence-electron chi connectivity index (χ4n) is 2.12. The van der Waals surface area contributed by atoms with E-state index in [1.54, 1.807) is 11.3 Å². The minimum atomic E-state index is -0.379. The highest BCUT2D eigenvalue weighted by molar-refractivity contribution is 7.21. The van der Waals surface area contributed by atoms with Gasteiger partial charge in [0.1, 0.15) is 15.4 Å². The van der Waals surface area contributed by atoms with Crippen molar-refractivity contribution in [3.63, 3.8) is 0 Å². The minimum absolute atomic E-state index is 0.362. The quantitative estimate of drug-likeness (QED) is 0.731. The number of alkyl halides is 1. The maximum absolute atomic E-state index is 12.4. The highest BCUT2D eigenvalue weighted by Crippen LogP contribution is 2.30. The molecule has 2 aromatic heterocycles. The molecule has 2 heterocycles. The van der Waals surface area contributed by atoms with E-state index in [1.807, 2.05) is 26.2 Å². The number of fused-ring (bicyclic) bond motifs is 1. The van der Waals surface area contributed by atoms with Gasteiger partial charge >= 0.3 is 0 Å². The van der Waals surface area contributed by atoms with E-state index in [0.29, 0.717) is 6.42 Å². The molecule has 0 fully saturated rings. The molecule has 0 atom stereocenters. The number of aryl methyl sites for hydroxylation is 1. The zero-order chi connectivity index (χ0) is 14.8. The molecular weight excluding hydrogens is 285 g/mol. The van der Waals surface area contributed by atoms with Crippen molar-refractivity contribution in [2.24, 2.45) is 0 Å². The van der Waals surface area contributed by atoms with E-state index in [1.165, 1.54) is 0 Å². The molecule has 0 aliphatic heterocycles. The molecule has 0 radical (unpaired) electrons. The monoisotopic (exact) mass is 301 g/mol. The average molecular weight is 301 g/mol. The smallest absolute Gasteiger partial charge is 0.144 e. The van der Waals surface area contributed by atoms with Crippen LogP contribution in [0.4, 0.5) is 10.1 Å². The van der Waals surface area contributed by atoms with E-state index < -0.39 is 0 Å². The number of benzene rings is 1. The molecule has 0 aliphatic carbocycles. The molecule has 0 saturated carbocycles. The maximum atomic E-state index is 12.4. The van der Waals surface area contributed by atoms with Gasteiger partial charge in [-0.1, -0.05) is 11.3 Å². The number of hydrogen-bond acceptors (Lipinski definition) is 4. The highest BCUT2D eigenvalue weighted by Gasteiger charge is 2.08. The van der Waals surface area contributed by atoms with Crippen molar-refractivity contribution >= 4 is 27.4 Å². The molecule has 3 nitrogen and oxygen atoms in total. The molecule has 0 bridgehead atoms. The number of nitrogens with zero attached hydrogens (tertiary/aromatic N) is 3.